The Morgan fingerprint density at radius 1 is 1.25 bits per heavy atom. The summed E-state index contributed by atoms with van der Waals surface area (Å²) in [7, 11) is 0. The average molecular weight is 174 g/mol. The number of hydrogen-bond acceptors (Lipinski definition) is 4. The first-order valence-corrected chi connectivity index (χ1v) is 3.10. The van der Waals surface area contributed by atoms with Gasteiger partial charge in [0.25, 0.3) is 0 Å². The van der Waals surface area contributed by atoms with Gasteiger partial charge < -0.3 is 15.9 Å². The Balaban J connectivity index is 4.10. The first-order valence-electron chi connectivity index (χ1n) is 3.10. The number of carbonyl (C=O) groups excluding carboxylic acids is 2. The van der Waals surface area contributed by atoms with E-state index in [1.165, 1.54) is 0 Å². The van der Waals surface area contributed by atoms with Gasteiger partial charge in [0, 0.05) is 12.2 Å². The number of nitrogens with zero attached hydrogens (tertiary/aromatic N) is 1. The van der Waals surface area contributed by atoms with Gasteiger partial charge in [0.15, 0.2) is 0 Å². The van der Waals surface area contributed by atoms with Gasteiger partial charge in [-0.1, -0.05) is 0 Å². The van der Waals surface area contributed by atoms with Crippen LogP contribution in [0.2, 0.25) is 0 Å². The maximum Gasteiger partial charge on any atom is 0.250 e. The number of nitrogens with two attached hydrogens (primary N) is 1. The second kappa shape index (κ2) is 5.28. The van der Waals surface area contributed by atoms with E-state index in [9.17, 15) is 9.59 Å². The smallest absolute Gasteiger partial charge is 0.250 e. The molecule has 0 fully saturated rings. The lowest BCUT2D eigenvalue weighted by molar-refractivity contribution is -0.134. The zero-order chi connectivity index (χ0) is 9.56. The van der Waals surface area contributed by atoms with Crippen molar-refractivity contribution in [2.75, 3.05) is 13.5 Å². The van der Waals surface area contributed by atoms with Gasteiger partial charge in [-0.3, -0.25) is 14.5 Å². The minimum absolute atomic E-state index is 0.613. The SMILES string of the molecule is NC(=O)/C=C/C(=O)N(CO)CO. The summed E-state index contributed by atoms with van der Waals surface area (Å²) >= 11 is 0. The lowest BCUT2D eigenvalue weighted by Crippen LogP contribution is -2.31. The largest absolute Gasteiger partial charge is 0.376 e. The van der Waals surface area contributed by atoms with Gasteiger partial charge >= 0.3 is 0 Å². The summed E-state index contributed by atoms with van der Waals surface area (Å²) in [5.74, 6) is -1.45. The molecule has 0 atom stereocenters. The van der Waals surface area contributed by atoms with Gasteiger partial charge in [0.1, 0.15) is 13.5 Å². The van der Waals surface area contributed by atoms with Gasteiger partial charge in [0.05, 0.1) is 0 Å². The predicted molar refractivity (Wildman–Crippen MR) is 39.4 cm³/mol. The summed E-state index contributed by atoms with van der Waals surface area (Å²) in [4.78, 5) is 21.7. The third-order valence-corrected chi connectivity index (χ3v) is 1.04. The third kappa shape index (κ3) is 3.69. The van der Waals surface area contributed by atoms with Crippen LogP contribution in [0.1, 0.15) is 0 Å². The first-order chi connectivity index (χ1) is 5.61. The Bertz CT molecular complexity index is 198. The molecule has 0 radical (unpaired) electrons. The minimum atomic E-state index is -0.765. The van der Waals surface area contributed by atoms with Crippen LogP contribution in [0.4, 0.5) is 0 Å². The Morgan fingerprint density at radius 3 is 2.08 bits per heavy atom. The standard InChI is InChI=1S/C6H10N2O4/c7-5(11)1-2-6(12)8(3-9)4-10/h1-2,9-10H,3-4H2,(H2,7,11)/b2-1+. The highest BCUT2D eigenvalue weighted by Gasteiger charge is 2.06. The van der Waals surface area contributed by atoms with Gasteiger partial charge in [0.2, 0.25) is 11.8 Å². The first kappa shape index (κ1) is 10.6. The molecule has 0 aliphatic carbocycles. The van der Waals surface area contributed by atoms with E-state index >= 15 is 0 Å². The third-order valence-electron chi connectivity index (χ3n) is 1.04. The molecule has 0 rings (SSSR count). The van der Waals surface area contributed by atoms with E-state index in [1.54, 1.807) is 0 Å². The normalized spacial score (nSPS) is 10.2. The average Bonchev–Trinajstić information content (AvgIpc) is 2.03. The molecule has 0 aromatic heterocycles. The molecule has 2 amide bonds. The molecule has 0 saturated carbocycles. The van der Waals surface area contributed by atoms with Crippen LogP contribution in [0.3, 0.4) is 0 Å². The molecule has 0 aliphatic rings. The van der Waals surface area contributed by atoms with Crippen molar-refractivity contribution in [3.8, 4) is 0 Å². The van der Waals surface area contributed by atoms with Crippen LogP contribution >= 0.6 is 0 Å². The Labute approximate surface area is 68.9 Å². The number of aliphatic hydroxyl groups excluding tert-OH is 2. The van der Waals surface area contributed by atoms with Crippen molar-refractivity contribution in [1.82, 2.24) is 4.90 Å². The molecule has 0 heterocycles. The fourth-order valence-corrected chi connectivity index (χ4v) is 0.443. The topological polar surface area (TPSA) is 104 Å². The highest BCUT2D eigenvalue weighted by molar-refractivity contribution is 5.95. The molecule has 0 aliphatic heterocycles. The van der Waals surface area contributed by atoms with Crippen LogP contribution < -0.4 is 5.73 Å². The Kier molecular flexibility index (Phi) is 4.66. The van der Waals surface area contributed by atoms with Crippen LogP contribution in [0.25, 0.3) is 0 Å². The molecule has 6 nitrogen and oxygen atoms in total. The highest BCUT2D eigenvalue weighted by atomic mass is 16.3. The van der Waals surface area contributed by atoms with E-state index in [0.29, 0.717) is 4.90 Å². The molecule has 6 heteroatoms. The van der Waals surface area contributed by atoms with Crippen molar-refractivity contribution in [2.45, 2.75) is 0 Å². The number of primary amides is 1. The molecular weight excluding hydrogens is 164 g/mol. The minimum Gasteiger partial charge on any atom is -0.376 e. The maximum atomic E-state index is 10.8. The number of aliphatic hydroxyl groups is 2. The van der Waals surface area contributed by atoms with Crippen LogP contribution in [0.15, 0.2) is 12.2 Å². The quantitative estimate of drug-likeness (QED) is 0.331. The zero-order valence-electron chi connectivity index (χ0n) is 6.30. The molecule has 68 valence electrons. The molecule has 12 heavy (non-hydrogen) atoms. The van der Waals surface area contributed by atoms with E-state index in [-0.39, 0.29) is 0 Å². The number of carbonyl (C=O) groups is 2. The van der Waals surface area contributed by atoms with Crippen molar-refractivity contribution >= 4 is 11.8 Å². The van der Waals surface area contributed by atoms with Crippen molar-refractivity contribution in [2.24, 2.45) is 5.73 Å². The molecule has 0 saturated heterocycles. The number of amides is 2. The van der Waals surface area contributed by atoms with Crippen LogP contribution in [0, 0.1) is 0 Å². The lowest BCUT2D eigenvalue weighted by Gasteiger charge is -2.13. The fraction of sp³-hybridized carbons (Fsp3) is 0.333. The van der Waals surface area contributed by atoms with Crippen LogP contribution in [0.5, 0.6) is 0 Å². The van der Waals surface area contributed by atoms with E-state index in [4.69, 9.17) is 15.9 Å². The van der Waals surface area contributed by atoms with Crippen molar-refractivity contribution in [1.29, 1.82) is 0 Å². The van der Waals surface area contributed by atoms with Crippen molar-refractivity contribution < 1.29 is 19.8 Å². The van der Waals surface area contributed by atoms with Gasteiger partial charge in [-0.2, -0.15) is 0 Å². The molecular formula is C6H10N2O4. The predicted octanol–water partition coefficient (Wildman–Crippen LogP) is -2.24. The summed E-state index contributed by atoms with van der Waals surface area (Å²) in [5, 5.41) is 16.9. The zero-order valence-corrected chi connectivity index (χ0v) is 6.30. The summed E-state index contributed by atoms with van der Waals surface area (Å²) in [6, 6.07) is 0. The van der Waals surface area contributed by atoms with Crippen LogP contribution in [-0.4, -0.2) is 40.4 Å². The molecule has 0 bridgehead atoms. The van der Waals surface area contributed by atoms with Crippen molar-refractivity contribution in [3.63, 3.8) is 0 Å². The van der Waals surface area contributed by atoms with E-state index in [2.05, 4.69) is 0 Å². The maximum absolute atomic E-state index is 10.8. The Hall–Kier alpha value is -1.40. The lowest BCUT2D eigenvalue weighted by atomic mass is 10.4. The summed E-state index contributed by atoms with van der Waals surface area (Å²) in [6.07, 6.45) is 1.72. The van der Waals surface area contributed by atoms with E-state index in [0.717, 1.165) is 12.2 Å². The number of rotatable bonds is 4. The van der Waals surface area contributed by atoms with Crippen molar-refractivity contribution in [3.05, 3.63) is 12.2 Å². The van der Waals surface area contributed by atoms with Crippen LogP contribution in [-0.2, 0) is 9.59 Å². The van der Waals surface area contributed by atoms with Gasteiger partial charge in [-0.15, -0.1) is 0 Å². The second-order valence-electron chi connectivity index (χ2n) is 1.90. The molecule has 0 aromatic carbocycles. The van der Waals surface area contributed by atoms with Gasteiger partial charge in [-0.25, -0.2) is 0 Å². The highest BCUT2D eigenvalue weighted by Crippen LogP contribution is 1.87. The fourth-order valence-electron chi connectivity index (χ4n) is 0.443. The summed E-state index contributed by atoms with van der Waals surface area (Å²) < 4.78 is 0. The monoisotopic (exact) mass is 174 g/mol. The van der Waals surface area contributed by atoms with E-state index < -0.39 is 25.3 Å². The molecule has 0 unspecified atom stereocenters. The summed E-state index contributed by atoms with van der Waals surface area (Å²) in [6.45, 7) is -1.23. The van der Waals surface area contributed by atoms with E-state index in [1.807, 2.05) is 0 Å². The molecule has 4 N–H and O–H groups in total. The summed E-state index contributed by atoms with van der Waals surface area (Å²) in [5.41, 5.74) is 4.70. The van der Waals surface area contributed by atoms with Gasteiger partial charge in [-0.05, 0) is 0 Å². The molecule has 0 aromatic rings. The second-order valence-corrected chi connectivity index (χ2v) is 1.90. The Morgan fingerprint density at radius 2 is 1.75 bits per heavy atom. The number of hydrogen-bond donors (Lipinski definition) is 3. The molecule has 0 spiro atoms.